The maximum atomic E-state index is 12.6. The number of nitrogens with zero attached hydrogens (tertiary/aromatic N) is 6. The number of amides is 1. The normalized spacial score (nSPS) is 12.0. The summed E-state index contributed by atoms with van der Waals surface area (Å²) in [7, 11) is 1.91. The number of thiazole rings is 1. The van der Waals surface area contributed by atoms with Crippen molar-refractivity contribution in [1.82, 2.24) is 24.8 Å². The van der Waals surface area contributed by atoms with Crippen molar-refractivity contribution in [2.75, 3.05) is 0 Å². The first-order valence-corrected chi connectivity index (χ1v) is 8.43. The molecule has 8 heteroatoms. The maximum Gasteiger partial charge on any atom is 0.279 e. The lowest BCUT2D eigenvalue weighted by Gasteiger charge is -2.05. The molecular weight excluding hydrogens is 336 g/mol. The number of benzene rings is 2. The first-order valence-electron chi connectivity index (χ1n) is 7.61. The predicted molar refractivity (Wildman–Crippen MR) is 94.6 cm³/mol. The van der Waals surface area contributed by atoms with Crippen LogP contribution in [0.15, 0.2) is 53.8 Å². The van der Waals surface area contributed by atoms with Crippen LogP contribution >= 0.6 is 11.3 Å². The zero-order valence-electron chi connectivity index (χ0n) is 13.6. The summed E-state index contributed by atoms with van der Waals surface area (Å²) in [6.07, 6.45) is 1.52. The smallest absolute Gasteiger partial charge is 0.279 e. The van der Waals surface area contributed by atoms with Gasteiger partial charge in [0.1, 0.15) is 6.33 Å². The third-order valence-electron chi connectivity index (χ3n) is 3.95. The minimum absolute atomic E-state index is 0.270. The molecule has 0 unspecified atom stereocenters. The van der Waals surface area contributed by atoms with Gasteiger partial charge < -0.3 is 4.57 Å². The molecule has 0 saturated carbocycles. The van der Waals surface area contributed by atoms with Crippen molar-refractivity contribution in [2.24, 2.45) is 12.0 Å². The summed E-state index contributed by atoms with van der Waals surface area (Å²) in [4.78, 5) is 17.5. The van der Waals surface area contributed by atoms with Crippen LogP contribution in [0.1, 0.15) is 15.9 Å². The van der Waals surface area contributed by atoms with Gasteiger partial charge in [-0.15, -0.1) is 5.10 Å². The van der Waals surface area contributed by atoms with Crippen LogP contribution < -0.4 is 4.80 Å². The third-order valence-corrected chi connectivity index (χ3v) is 5.06. The molecule has 0 atom stereocenters. The summed E-state index contributed by atoms with van der Waals surface area (Å²) in [6.45, 7) is 1.91. The Morgan fingerprint density at radius 3 is 2.76 bits per heavy atom. The van der Waals surface area contributed by atoms with Gasteiger partial charge in [0.25, 0.3) is 5.91 Å². The molecule has 1 amide bonds. The highest BCUT2D eigenvalue weighted by Crippen LogP contribution is 2.17. The molecule has 0 spiro atoms. The average molecular weight is 350 g/mol. The first kappa shape index (κ1) is 15.4. The first-order chi connectivity index (χ1) is 12.1. The number of tetrazole rings is 1. The van der Waals surface area contributed by atoms with E-state index in [1.165, 1.54) is 17.7 Å². The lowest BCUT2D eigenvalue weighted by Crippen LogP contribution is -2.13. The number of rotatable bonds is 2. The largest absolute Gasteiger partial charge is 0.319 e. The van der Waals surface area contributed by atoms with Crippen LogP contribution in [0.4, 0.5) is 0 Å². The second-order valence-corrected chi connectivity index (χ2v) is 6.59. The van der Waals surface area contributed by atoms with Crippen molar-refractivity contribution in [2.45, 2.75) is 6.92 Å². The van der Waals surface area contributed by atoms with Crippen molar-refractivity contribution in [3.63, 3.8) is 0 Å². The van der Waals surface area contributed by atoms with Gasteiger partial charge in [-0.2, -0.15) is 4.99 Å². The van der Waals surface area contributed by atoms with Gasteiger partial charge in [0.05, 0.1) is 15.9 Å². The molecule has 4 rings (SSSR count). The van der Waals surface area contributed by atoms with Crippen LogP contribution in [0.5, 0.6) is 0 Å². The minimum atomic E-state index is -0.270. The second kappa shape index (κ2) is 6.06. The quantitative estimate of drug-likeness (QED) is 0.555. The Morgan fingerprint density at radius 1 is 1.20 bits per heavy atom. The van der Waals surface area contributed by atoms with Gasteiger partial charge in [0, 0.05) is 12.6 Å². The molecule has 2 aromatic heterocycles. The molecule has 2 heterocycles. The van der Waals surface area contributed by atoms with E-state index in [-0.39, 0.29) is 5.91 Å². The molecule has 124 valence electrons. The van der Waals surface area contributed by atoms with Gasteiger partial charge >= 0.3 is 0 Å². The van der Waals surface area contributed by atoms with Crippen molar-refractivity contribution < 1.29 is 4.79 Å². The van der Waals surface area contributed by atoms with E-state index in [1.54, 1.807) is 16.8 Å². The molecule has 0 aliphatic heterocycles. The standard InChI is InChI=1S/C17H14N6OS/c1-11-9-12(7-8-13(11)23-10-18-20-21-23)16(24)19-17-22(2)14-5-3-4-6-15(14)25-17/h3-10H,1-2H3. The van der Waals surface area contributed by atoms with Crippen LogP contribution in [-0.4, -0.2) is 30.7 Å². The Morgan fingerprint density at radius 2 is 2.04 bits per heavy atom. The molecule has 0 saturated heterocycles. The van der Waals surface area contributed by atoms with E-state index in [2.05, 4.69) is 20.5 Å². The average Bonchev–Trinajstić information content (AvgIpc) is 3.24. The maximum absolute atomic E-state index is 12.6. The molecule has 0 bridgehead atoms. The molecule has 0 aliphatic carbocycles. The molecule has 7 nitrogen and oxygen atoms in total. The monoisotopic (exact) mass is 350 g/mol. The van der Waals surface area contributed by atoms with Crippen molar-refractivity contribution >= 4 is 27.5 Å². The topological polar surface area (TPSA) is 78.0 Å². The van der Waals surface area contributed by atoms with E-state index >= 15 is 0 Å². The summed E-state index contributed by atoms with van der Waals surface area (Å²) < 4.78 is 4.59. The van der Waals surface area contributed by atoms with Crippen LogP contribution in [0.3, 0.4) is 0 Å². The molecule has 2 aromatic carbocycles. The van der Waals surface area contributed by atoms with E-state index in [4.69, 9.17) is 0 Å². The predicted octanol–water partition coefficient (Wildman–Crippen LogP) is 2.27. The SMILES string of the molecule is Cc1cc(C(=O)N=c2sc3ccccc3n2C)ccc1-n1cnnn1. The molecule has 0 N–H and O–H groups in total. The van der Waals surface area contributed by atoms with Crippen LogP contribution in [0, 0.1) is 6.92 Å². The van der Waals surface area contributed by atoms with E-state index in [9.17, 15) is 4.79 Å². The highest BCUT2D eigenvalue weighted by Gasteiger charge is 2.10. The van der Waals surface area contributed by atoms with Crippen molar-refractivity contribution in [3.05, 3.63) is 64.7 Å². The number of aromatic nitrogens is 5. The number of carbonyl (C=O) groups is 1. The van der Waals surface area contributed by atoms with Crippen LogP contribution in [0.25, 0.3) is 15.9 Å². The van der Waals surface area contributed by atoms with Gasteiger partial charge in [-0.1, -0.05) is 23.5 Å². The summed E-state index contributed by atoms with van der Waals surface area (Å²) in [6, 6.07) is 13.3. The Kier molecular flexibility index (Phi) is 3.73. The number of hydrogen-bond acceptors (Lipinski definition) is 5. The van der Waals surface area contributed by atoms with E-state index < -0.39 is 0 Å². The summed E-state index contributed by atoms with van der Waals surface area (Å²) >= 11 is 1.50. The molecule has 0 radical (unpaired) electrons. The molecule has 0 fully saturated rings. The van der Waals surface area contributed by atoms with E-state index in [0.29, 0.717) is 10.4 Å². The van der Waals surface area contributed by atoms with Gasteiger partial charge in [-0.3, -0.25) is 4.79 Å². The molecule has 0 aliphatic rings. The van der Waals surface area contributed by atoms with Gasteiger partial charge in [0.2, 0.25) is 0 Å². The fourth-order valence-electron chi connectivity index (χ4n) is 2.66. The van der Waals surface area contributed by atoms with Crippen LogP contribution in [-0.2, 0) is 7.05 Å². The third kappa shape index (κ3) is 2.76. The van der Waals surface area contributed by atoms with Gasteiger partial charge in [0.15, 0.2) is 4.80 Å². The molecule has 4 aromatic rings. The van der Waals surface area contributed by atoms with E-state index in [1.807, 2.05) is 48.9 Å². The van der Waals surface area contributed by atoms with Gasteiger partial charge in [-0.05, 0) is 53.2 Å². The highest BCUT2D eigenvalue weighted by atomic mass is 32.1. The zero-order chi connectivity index (χ0) is 17.4. The van der Waals surface area contributed by atoms with Crippen molar-refractivity contribution in [3.8, 4) is 5.69 Å². The number of fused-ring (bicyclic) bond motifs is 1. The zero-order valence-corrected chi connectivity index (χ0v) is 14.4. The number of para-hydroxylation sites is 1. The summed E-state index contributed by atoms with van der Waals surface area (Å²) in [5.41, 5.74) is 3.32. The lowest BCUT2D eigenvalue weighted by molar-refractivity contribution is 0.0998. The van der Waals surface area contributed by atoms with E-state index in [0.717, 1.165) is 21.5 Å². The van der Waals surface area contributed by atoms with Crippen molar-refractivity contribution in [1.29, 1.82) is 0 Å². The minimum Gasteiger partial charge on any atom is -0.319 e. The highest BCUT2D eigenvalue weighted by molar-refractivity contribution is 7.16. The Bertz CT molecular complexity index is 1140. The number of hydrogen-bond donors (Lipinski definition) is 0. The lowest BCUT2D eigenvalue weighted by atomic mass is 10.1. The summed E-state index contributed by atoms with van der Waals surface area (Å²) in [5, 5.41) is 11.1. The van der Waals surface area contributed by atoms with Gasteiger partial charge in [-0.25, -0.2) is 4.68 Å². The molecular formula is C17H14N6OS. The number of carbonyl (C=O) groups excluding carboxylic acids is 1. The number of aryl methyl sites for hydroxylation is 2. The Labute approximate surface area is 146 Å². The fourth-order valence-corrected chi connectivity index (χ4v) is 3.67. The summed E-state index contributed by atoms with van der Waals surface area (Å²) in [5.74, 6) is -0.270. The second-order valence-electron chi connectivity index (χ2n) is 5.58. The Balaban J connectivity index is 1.73. The molecule has 25 heavy (non-hydrogen) atoms. The van der Waals surface area contributed by atoms with Crippen LogP contribution in [0.2, 0.25) is 0 Å². The fraction of sp³-hybridized carbons (Fsp3) is 0.118. The Hall–Kier alpha value is -3.13.